The number of methoxy groups -OCH3 is 2. The summed E-state index contributed by atoms with van der Waals surface area (Å²) in [5.74, 6) is 1.08. The standard InChI is InChI=1S/C31H37NO7/c1-31(2,3)39-29(34)10-9-20-7-6-8-22(15-20)21-11-13-32(14-12-21)28(33)16-23-17-30(35)38-25-19-27(37-5)26(36-4)18-24(23)25/h6-8,15,17-19,21H,9-14,16H2,1-5H3. The maximum absolute atomic E-state index is 13.2. The van der Waals surface area contributed by atoms with E-state index in [1.54, 1.807) is 12.1 Å². The number of esters is 1. The van der Waals surface area contributed by atoms with Gasteiger partial charge in [0.1, 0.15) is 11.2 Å². The summed E-state index contributed by atoms with van der Waals surface area (Å²) in [5.41, 5.74) is 2.31. The van der Waals surface area contributed by atoms with E-state index >= 15 is 0 Å². The first kappa shape index (κ1) is 28.2. The highest BCUT2D eigenvalue weighted by Gasteiger charge is 2.25. The minimum Gasteiger partial charge on any atom is -0.493 e. The number of carbonyl (C=O) groups excluding carboxylic acids is 2. The molecule has 208 valence electrons. The van der Waals surface area contributed by atoms with E-state index in [4.69, 9.17) is 18.6 Å². The molecule has 8 heteroatoms. The van der Waals surface area contributed by atoms with Crippen LogP contribution in [0.25, 0.3) is 11.0 Å². The van der Waals surface area contributed by atoms with Crippen molar-refractivity contribution in [3.63, 3.8) is 0 Å². The topological polar surface area (TPSA) is 95.3 Å². The average molecular weight is 536 g/mol. The van der Waals surface area contributed by atoms with E-state index in [0.29, 0.717) is 59.9 Å². The van der Waals surface area contributed by atoms with Crippen LogP contribution < -0.4 is 15.1 Å². The first-order valence-electron chi connectivity index (χ1n) is 13.3. The number of piperidine rings is 1. The van der Waals surface area contributed by atoms with Crippen molar-refractivity contribution in [1.29, 1.82) is 0 Å². The second-order valence-corrected chi connectivity index (χ2v) is 11.0. The van der Waals surface area contributed by atoms with E-state index in [9.17, 15) is 14.4 Å². The molecule has 1 fully saturated rings. The number of amides is 1. The van der Waals surface area contributed by atoms with Gasteiger partial charge in [0, 0.05) is 37.0 Å². The van der Waals surface area contributed by atoms with Gasteiger partial charge < -0.3 is 23.5 Å². The first-order valence-corrected chi connectivity index (χ1v) is 13.3. The Bertz CT molecular complexity index is 1390. The lowest BCUT2D eigenvalue weighted by atomic mass is 9.88. The zero-order valence-corrected chi connectivity index (χ0v) is 23.4. The largest absolute Gasteiger partial charge is 0.493 e. The molecule has 1 amide bonds. The Morgan fingerprint density at radius 3 is 2.36 bits per heavy atom. The number of benzene rings is 2. The molecule has 8 nitrogen and oxygen atoms in total. The SMILES string of the molecule is COc1cc2oc(=O)cc(CC(=O)N3CCC(c4cccc(CCC(=O)OC(C)(C)C)c4)CC3)c2cc1OC. The third-order valence-corrected chi connectivity index (χ3v) is 6.98. The zero-order valence-electron chi connectivity index (χ0n) is 23.4. The molecule has 0 spiro atoms. The summed E-state index contributed by atoms with van der Waals surface area (Å²) in [6.45, 7) is 6.90. The average Bonchev–Trinajstić information content (AvgIpc) is 2.90. The molecule has 4 rings (SSSR count). The van der Waals surface area contributed by atoms with E-state index in [-0.39, 0.29) is 18.3 Å². The highest BCUT2D eigenvalue weighted by molar-refractivity contribution is 5.89. The molecule has 0 radical (unpaired) electrons. The lowest BCUT2D eigenvalue weighted by molar-refractivity contribution is -0.154. The van der Waals surface area contributed by atoms with Crippen molar-refractivity contribution in [3.8, 4) is 11.5 Å². The summed E-state index contributed by atoms with van der Waals surface area (Å²) in [5, 5.41) is 0.652. The molecule has 3 aromatic rings. The van der Waals surface area contributed by atoms with Crippen molar-refractivity contribution in [2.75, 3.05) is 27.3 Å². The van der Waals surface area contributed by atoms with Crippen LogP contribution in [0.5, 0.6) is 11.5 Å². The Kier molecular flexibility index (Phi) is 8.63. The summed E-state index contributed by atoms with van der Waals surface area (Å²) in [6.07, 6.45) is 2.78. The normalized spacial score (nSPS) is 14.3. The number of ether oxygens (including phenoxy) is 3. The van der Waals surface area contributed by atoms with Crippen molar-refractivity contribution in [2.24, 2.45) is 0 Å². The summed E-state index contributed by atoms with van der Waals surface area (Å²) >= 11 is 0. The number of hydrogen-bond acceptors (Lipinski definition) is 7. The van der Waals surface area contributed by atoms with Gasteiger partial charge in [0.2, 0.25) is 5.91 Å². The number of aryl methyl sites for hydroxylation is 1. The first-order chi connectivity index (χ1) is 18.6. The third-order valence-electron chi connectivity index (χ3n) is 6.98. The molecule has 1 aliphatic heterocycles. The number of likely N-dealkylation sites (tertiary alicyclic amines) is 1. The van der Waals surface area contributed by atoms with Crippen LogP contribution >= 0.6 is 0 Å². The second kappa shape index (κ2) is 11.9. The Morgan fingerprint density at radius 2 is 1.69 bits per heavy atom. The Labute approximate surface area is 228 Å². The lowest BCUT2D eigenvalue weighted by Crippen LogP contribution is -2.38. The van der Waals surface area contributed by atoms with E-state index < -0.39 is 11.2 Å². The number of carbonyl (C=O) groups is 2. The van der Waals surface area contributed by atoms with E-state index in [1.807, 2.05) is 37.8 Å². The fourth-order valence-corrected chi connectivity index (χ4v) is 5.08. The van der Waals surface area contributed by atoms with Crippen molar-refractivity contribution in [3.05, 3.63) is 69.6 Å². The minimum atomic E-state index is -0.511. The summed E-state index contributed by atoms with van der Waals surface area (Å²) in [4.78, 5) is 39.4. The van der Waals surface area contributed by atoms with E-state index in [0.717, 1.165) is 18.4 Å². The molecule has 0 bridgehead atoms. The maximum Gasteiger partial charge on any atom is 0.336 e. The molecule has 0 aliphatic carbocycles. The molecule has 39 heavy (non-hydrogen) atoms. The fourth-order valence-electron chi connectivity index (χ4n) is 5.08. The number of nitrogens with zero attached hydrogens (tertiary/aromatic N) is 1. The molecule has 2 heterocycles. The van der Waals surface area contributed by atoms with Crippen molar-refractivity contribution in [2.45, 2.75) is 64.4 Å². The van der Waals surface area contributed by atoms with Crippen molar-refractivity contribution in [1.82, 2.24) is 4.90 Å². The van der Waals surface area contributed by atoms with Gasteiger partial charge in [0.15, 0.2) is 11.5 Å². The van der Waals surface area contributed by atoms with Gasteiger partial charge in [0.05, 0.1) is 20.6 Å². The van der Waals surface area contributed by atoms with E-state index in [1.165, 1.54) is 25.8 Å². The van der Waals surface area contributed by atoms with Gasteiger partial charge in [0.25, 0.3) is 0 Å². The smallest absolute Gasteiger partial charge is 0.336 e. The Morgan fingerprint density at radius 1 is 1.00 bits per heavy atom. The third kappa shape index (κ3) is 7.19. The zero-order chi connectivity index (χ0) is 28.2. The Balaban J connectivity index is 1.38. The molecule has 1 aromatic heterocycles. The van der Waals surface area contributed by atoms with Crippen LogP contribution in [0.4, 0.5) is 0 Å². The van der Waals surface area contributed by atoms with Crippen LogP contribution in [0.15, 0.2) is 51.7 Å². The molecule has 0 unspecified atom stereocenters. The molecule has 0 atom stereocenters. The number of rotatable bonds is 8. The predicted molar refractivity (Wildman–Crippen MR) is 148 cm³/mol. The van der Waals surface area contributed by atoms with E-state index in [2.05, 4.69) is 12.1 Å². The van der Waals surface area contributed by atoms with Gasteiger partial charge in [-0.2, -0.15) is 0 Å². The van der Waals surface area contributed by atoms with Crippen molar-refractivity contribution >= 4 is 22.8 Å². The van der Waals surface area contributed by atoms with Crippen molar-refractivity contribution < 1.29 is 28.2 Å². The molecule has 1 aliphatic rings. The monoisotopic (exact) mass is 535 g/mol. The Hall–Kier alpha value is -3.81. The van der Waals surface area contributed by atoms with Crippen LogP contribution in [0, 0.1) is 0 Å². The van der Waals surface area contributed by atoms with Gasteiger partial charge in [-0.25, -0.2) is 4.79 Å². The fraction of sp³-hybridized carbons (Fsp3) is 0.452. The molecular formula is C31H37NO7. The lowest BCUT2D eigenvalue weighted by Gasteiger charge is -2.32. The molecule has 0 saturated carbocycles. The second-order valence-electron chi connectivity index (χ2n) is 11.0. The molecule has 1 saturated heterocycles. The highest BCUT2D eigenvalue weighted by atomic mass is 16.6. The number of fused-ring (bicyclic) bond motifs is 1. The van der Waals surface area contributed by atoms with Crippen LogP contribution in [0.1, 0.15) is 62.6 Å². The van der Waals surface area contributed by atoms with Crippen LogP contribution in [0.3, 0.4) is 0 Å². The highest BCUT2D eigenvalue weighted by Crippen LogP contribution is 2.34. The molecule has 2 aromatic carbocycles. The minimum absolute atomic E-state index is 0.0266. The van der Waals surface area contributed by atoms with Gasteiger partial charge >= 0.3 is 11.6 Å². The quantitative estimate of drug-likeness (QED) is 0.295. The van der Waals surface area contributed by atoms with Crippen LogP contribution in [-0.2, 0) is 27.2 Å². The number of hydrogen-bond donors (Lipinski definition) is 0. The summed E-state index contributed by atoms with van der Waals surface area (Å²) in [7, 11) is 3.05. The molecule has 0 N–H and O–H groups in total. The van der Waals surface area contributed by atoms with Gasteiger partial charge in [-0.3, -0.25) is 9.59 Å². The van der Waals surface area contributed by atoms with Gasteiger partial charge in [-0.1, -0.05) is 24.3 Å². The maximum atomic E-state index is 13.2. The van der Waals surface area contributed by atoms with Gasteiger partial charge in [-0.15, -0.1) is 0 Å². The summed E-state index contributed by atoms with van der Waals surface area (Å²) in [6, 6.07) is 13.1. The molecular weight excluding hydrogens is 498 g/mol. The van der Waals surface area contributed by atoms with Crippen LogP contribution in [-0.4, -0.2) is 49.7 Å². The predicted octanol–water partition coefficient (Wildman–Crippen LogP) is 5.03. The van der Waals surface area contributed by atoms with Gasteiger partial charge in [-0.05, 0) is 68.7 Å². The summed E-state index contributed by atoms with van der Waals surface area (Å²) < 4.78 is 21.5. The van der Waals surface area contributed by atoms with Crippen LogP contribution in [0.2, 0.25) is 0 Å².